The Balaban J connectivity index is 1.58. The summed E-state index contributed by atoms with van der Waals surface area (Å²) in [6.07, 6.45) is 0. The minimum absolute atomic E-state index is 0.126. The monoisotopic (exact) mass is 480 g/mol. The van der Waals surface area contributed by atoms with Crippen LogP contribution in [-0.2, 0) is 9.59 Å². The Morgan fingerprint density at radius 2 is 1.14 bits per heavy atom. The molecule has 8 nitrogen and oxygen atoms in total. The molecule has 0 aliphatic carbocycles. The van der Waals surface area contributed by atoms with E-state index in [0.717, 1.165) is 0 Å². The summed E-state index contributed by atoms with van der Waals surface area (Å²) < 4.78 is 0. The van der Waals surface area contributed by atoms with E-state index in [1.165, 1.54) is 22.2 Å². The van der Waals surface area contributed by atoms with E-state index in [4.69, 9.17) is 0 Å². The molecule has 0 bridgehead atoms. The Morgan fingerprint density at radius 3 is 1.53 bits per heavy atom. The second-order valence-corrected chi connectivity index (χ2v) is 8.86. The van der Waals surface area contributed by atoms with Gasteiger partial charge in [-0.15, -0.1) is 0 Å². The topological polar surface area (TPSA) is 103 Å². The van der Waals surface area contributed by atoms with Gasteiger partial charge in [0.1, 0.15) is 0 Å². The summed E-state index contributed by atoms with van der Waals surface area (Å²) in [7, 11) is 0. The molecule has 36 heavy (non-hydrogen) atoms. The summed E-state index contributed by atoms with van der Waals surface area (Å²) >= 11 is 0. The summed E-state index contributed by atoms with van der Waals surface area (Å²) in [5, 5.41) is 21.2. The van der Waals surface area contributed by atoms with Crippen molar-refractivity contribution in [2.24, 2.45) is 22.0 Å². The number of benzene rings is 3. The number of hydrogen-bond donors (Lipinski definition) is 1. The number of carbonyl (C=O) groups is 3. The van der Waals surface area contributed by atoms with Gasteiger partial charge in [0.15, 0.2) is 0 Å². The third-order valence-corrected chi connectivity index (χ3v) is 6.63. The molecule has 180 valence electrons. The molecule has 2 aliphatic rings. The summed E-state index contributed by atoms with van der Waals surface area (Å²) in [6.45, 7) is 3.57. The second-order valence-electron chi connectivity index (χ2n) is 8.86. The van der Waals surface area contributed by atoms with Crippen molar-refractivity contribution in [3.05, 3.63) is 96.1 Å². The van der Waals surface area contributed by atoms with E-state index in [1.807, 2.05) is 36.4 Å². The fraction of sp³-hybridized carbons (Fsp3) is 0.179. The molecule has 0 aromatic heterocycles. The van der Waals surface area contributed by atoms with E-state index in [2.05, 4.69) is 10.2 Å². The highest BCUT2D eigenvalue weighted by Gasteiger charge is 2.50. The van der Waals surface area contributed by atoms with Gasteiger partial charge in [0.25, 0.3) is 11.8 Å². The number of hydrogen-bond acceptors (Lipinski definition) is 5. The maximum Gasteiger partial charge on any atom is 0.335 e. The minimum atomic E-state index is -1.05. The Labute approximate surface area is 208 Å². The van der Waals surface area contributed by atoms with Gasteiger partial charge in [0.05, 0.1) is 28.8 Å². The van der Waals surface area contributed by atoms with Gasteiger partial charge in [-0.2, -0.15) is 10.2 Å². The lowest BCUT2D eigenvalue weighted by Gasteiger charge is -2.28. The molecule has 0 radical (unpaired) electrons. The largest absolute Gasteiger partial charge is 0.478 e. The van der Waals surface area contributed by atoms with Crippen molar-refractivity contribution in [2.45, 2.75) is 19.8 Å². The van der Waals surface area contributed by atoms with E-state index < -0.39 is 23.7 Å². The Hall–Kier alpha value is -4.59. The van der Waals surface area contributed by atoms with Crippen molar-refractivity contribution in [1.82, 2.24) is 0 Å². The molecule has 3 aromatic rings. The van der Waals surface area contributed by atoms with Crippen LogP contribution >= 0.6 is 0 Å². The van der Waals surface area contributed by atoms with Crippen LogP contribution in [0.4, 0.5) is 11.4 Å². The first-order valence-electron chi connectivity index (χ1n) is 11.6. The zero-order valence-electron chi connectivity index (χ0n) is 19.8. The van der Waals surface area contributed by atoms with E-state index >= 15 is 0 Å². The number of carbonyl (C=O) groups excluding carboxylic acids is 2. The van der Waals surface area contributed by atoms with Crippen LogP contribution < -0.4 is 10.0 Å². The van der Waals surface area contributed by atoms with Crippen LogP contribution in [0.3, 0.4) is 0 Å². The van der Waals surface area contributed by atoms with Gasteiger partial charge in [-0.25, -0.2) is 14.8 Å². The van der Waals surface area contributed by atoms with Crippen LogP contribution in [0.1, 0.15) is 35.7 Å². The van der Waals surface area contributed by atoms with Crippen molar-refractivity contribution in [1.29, 1.82) is 0 Å². The standard InChI is InChI=1S/C28H24N4O4/c1-17-23(26(33)31(29-17)21-9-5-3-6-10-21)25(19-13-15-20(16-14-19)28(35)36)24-18(2)30-32(27(24)34)22-11-7-4-8-12-22/h3-16,23-25H,1-2H3,(H,35,36). The molecule has 0 spiro atoms. The fourth-order valence-electron chi connectivity index (χ4n) is 4.92. The molecule has 2 unspecified atom stereocenters. The highest BCUT2D eigenvalue weighted by molar-refractivity contribution is 6.19. The number of amides is 2. The molecule has 8 heteroatoms. The Kier molecular flexibility index (Phi) is 5.93. The van der Waals surface area contributed by atoms with Gasteiger partial charge < -0.3 is 5.11 Å². The third kappa shape index (κ3) is 3.96. The first-order valence-corrected chi connectivity index (χ1v) is 11.6. The van der Waals surface area contributed by atoms with Crippen molar-refractivity contribution in [3.63, 3.8) is 0 Å². The van der Waals surface area contributed by atoms with Crippen LogP contribution in [0.15, 0.2) is 95.1 Å². The van der Waals surface area contributed by atoms with Crippen LogP contribution in [0.25, 0.3) is 0 Å². The molecule has 5 rings (SSSR count). The average molecular weight is 481 g/mol. The van der Waals surface area contributed by atoms with E-state index in [0.29, 0.717) is 28.4 Å². The smallest absolute Gasteiger partial charge is 0.335 e. The molecule has 3 aromatic carbocycles. The van der Waals surface area contributed by atoms with Crippen molar-refractivity contribution >= 4 is 40.6 Å². The van der Waals surface area contributed by atoms with Crippen LogP contribution in [0.5, 0.6) is 0 Å². The third-order valence-electron chi connectivity index (χ3n) is 6.63. The number of para-hydroxylation sites is 2. The molecule has 0 saturated heterocycles. The molecule has 2 aliphatic heterocycles. The number of aromatic carboxylic acids is 1. The summed E-state index contributed by atoms with van der Waals surface area (Å²) in [4.78, 5) is 39.0. The number of hydrazone groups is 2. The predicted octanol–water partition coefficient (Wildman–Crippen LogP) is 4.55. The zero-order chi connectivity index (χ0) is 25.4. The molecule has 0 saturated carbocycles. The van der Waals surface area contributed by atoms with Gasteiger partial charge in [0.2, 0.25) is 0 Å². The number of nitrogens with zero attached hydrogens (tertiary/aromatic N) is 4. The molecule has 2 amide bonds. The Bertz CT molecular complexity index is 1300. The summed E-state index contributed by atoms with van der Waals surface area (Å²) in [5.41, 5.74) is 3.23. The lowest BCUT2D eigenvalue weighted by molar-refractivity contribution is -0.122. The highest BCUT2D eigenvalue weighted by Crippen LogP contribution is 2.42. The van der Waals surface area contributed by atoms with Gasteiger partial charge in [-0.3, -0.25) is 9.59 Å². The molecule has 0 fully saturated rings. The number of carboxylic acids is 1. The van der Waals surface area contributed by atoms with Crippen LogP contribution in [0.2, 0.25) is 0 Å². The maximum atomic E-state index is 13.8. The number of carboxylic acid groups (broad SMARTS) is 1. The SMILES string of the molecule is CC1=NN(c2ccccc2)C(=O)C1C(c1ccc(C(=O)O)cc1)C1C(=O)N(c2ccccc2)N=C1C. The van der Waals surface area contributed by atoms with Crippen molar-refractivity contribution < 1.29 is 19.5 Å². The predicted molar refractivity (Wildman–Crippen MR) is 137 cm³/mol. The fourth-order valence-corrected chi connectivity index (χ4v) is 4.92. The van der Waals surface area contributed by atoms with Crippen LogP contribution in [-0.4, -0.2) is 34.3 Å². The average Bonchev–Trinajstić information content (AvgIpc) is 3.36. The molecule has 1 N–H and O–H groups in total. The van der Waals surface area contributed by atoms with Gasteiger partial charge in [0, 0.05) is 17.3 Å². The molecular formula is C28H24N4O4. The second kappa shape index (κ2) is 9.22. The number of rotatable bonds is 6. The van der Waals surface area contributed by atoms with Crippen molar-refractivity contribution in [3.8, 4) is 0 Å². The zero-order valence-corrected chi connectivity index (χ0v) is 19.8. The number of anilines is 2. The summed E-state index contributed by atoms with van der Waals surface area (Å²) in [6, 6.07) is 24.6. The van der Waals surface area contributed by atoms with E-state index in [1.54, 1.807) is 50.2 Å². The van der Waals surface area contributed by atoms with Gasteiger partial charge >= 0.3 is 5.97 Å². The quantitative estimate of drug-likeness (QED) is 0.559. The minimum Gasteiger partial charge on any atom is -0.478 e. The molecule has 2 heterocycles. The van der Waals surface area contributed by atoms with Crippen LogP contribution in [0, 0.1) is 11.8 Å². The maximum absolute atomic E-state index is 13.8. The van der Waals surface area contributed by atoms with Crippen molar-refractivity contribution in [2.75, 3.05) is 10.0 Å². The highest BCUT2D eigenvalue weighted by atomic mass is 16.4. The normalized spacial score (nSPS) is 20.4. The van der Waals surface area contributed by atoms with Gasteiger partial charge in [-0.1, -0.05) is 48.5 Å². The lowest BCUT2D eigenvalue weighted by atomic mass is 9.73. The first kappa shape index (κ1) is 23.2. The Morgan fingerprint density at radius 1 is 0.722 bits per heavy atom. The molecular weight excluding hydrogens is 456 g/mol. The first-order chi connectivity index (χ1) is 17.4. The lowest BCUT2D eigenvalue weighted by Crippen LogP contribution is -2.40. The van der Waals surface area contributed by atoms with Gasteiger partial charge in [-0.05, 0) is 55.8 Å². The van der Waals surface area contributed by atoms with E-state index in [9.17, 15) is 19.5 Å². The summed E-state index contributed by atoms with van der Waals surface area (Å²) in [5.74, 6) is -3.61. The molecule has 2 atom stereocenters. The van der Waals surface area contributed by atoms with E-state index in [-0.39, 0.29) is 17.4 Å².